The molecule has 16 heteroatoms. The number of nitrogens with one attached hydrogen (secondary N) is 2. The summed E-state index contributed by atoms with van der Waals surface area (Å²) < 4.78 is 8.15. The number of aryl methyl sites for hydroxylation is 2. The smallest absolute Gasteiger partial charge is 0.139 e. The van der Waals surface area contributed by atoms with E-state index in [2.05, 4.69) is 169 Å². The van der Waals surface area contributed by atoms with E-state index in [4.69, 9.17) is 4.98 Å². The van der Waals surface area contributed by atoms with Gasteiger partial charge in [-0.3, -0.25) is 4.98 Å². The number of thiophene rings is 2. The fourth-order valence-corrected chi connectivity index (χ4v) is 29.4. The van der Waals surface area contributed by atoms with E-state index < -0.39 is 18.4 Å². The minimum Gasteiger partial charge on any atom is -0.367 e. The van der Waals surface area contributed by atoms with Crippen LogP contribution in [-0.2, 0) is 12.8 Å². The summed E-state index contributed by atoms with van der Waals surface area (Å²) in [6, 6.07) is 20.8. The van der Waals surface area contributed by atoms with Crippen molar-refractivity contribution in [3.8, 4) is 11.3 Å². The molecule has 7 aromatic heterocycles. The van der Waals surface area contributed by atoms with Crippen molar-refractivity contribution in [3.63, 3.8) is 0 Å². The van der Waals surface area contributed by atoms with Crippen molar-refractivity contribution in [2.75, 3.05) is 38.8 Å². The zero-order valence-corrected chi connectivity index (χ0v) is 54.1. The summed E-state index contributed by atoms with van der Waals surface area (Å²) in [6.07, 6.45) is 29.0. The Labute approximate surface area is 508 Å². The van der Waals surface area contributed by atoms with Gasteiger partial charge in [-0.25, -0.2) is 24.9 Å². The van der Waals surface area contributed by atoms with Gasteiger partial charge in [0.2, 0.25) is 0 Å². The summed E-state index contributed by atoms with van der Waals surface area (Å²) in [4.78, 5) is 40.9. The van der Waals surface area contributed by atoms with Crippen molar-refractivity contribution in [3.05, 3.63) is 105 Å². The van der Waals surface area contributed by atoms with E-state index in [0.717, 1.165) is 61.2 Å². The molecule has 0 atom stereocenters. The van der Waals surface area contributed by atoms with Gasteiger partial charge in [-0.1, -0.05) is 55.7 Å². The molecule has 2 N–H and O–H groups in total. The van der Waals surface area contributed by atoms with Gasteiger partial charge >= 0.3 is 124 Å². The Morgan fingerprint density at radius 2 is 0.962 bits per heavy atom. The van der Waals surface area contributed by atoms with Crippen LogP contribution < -0.4 is 14.3 Å². The summed E-state index contributed by atoms with van der Waals surface area (Å²) in [5.74, 6) is 1.95. The molecule has 0 bridgehead atoms. The summed E-state index contributed by atoms with van der Waals surface area (Å²) >= 11 is 8.25. The molecule has 9 rings (SSSR count). The van der Waals surface area contributed by atoms with Gasteiger partial charge in [-0.05, 0) is 149 Å². The minimum absolute atomic E-state index is 0. The van der Waals surface area contributed by atoms with Crippen LogP contribution in [-0.4, -0.2) is 115 Å². The summed E-state index contributed by atoms with van der Waals surface area (Å²) in [6.45, 7) is 11.4. The maximum Gasteiger partial charge on any atom is 0.139 e. The second-order valence-electron chi connectivity index (χ2n) is 20.7. The number of nitrogens with zero attached hydrogens (tertiary/aromatic N) is 9. The topological polar surface area (TPSA) is 121 Å². The molecule has 79 heavy (non-hydrogen) atoms. The zero-order chi connectivity index (χ0) is 53.6. The van der Waals surface area contributed by atoms with E-state index >= 15 is 0 Å². The van der Waals surface area contributed by atoms with E-state index in [1.54, 1.807) is 45.2 Å². The first-order chi connectivity index (χ1) is 36.4. The summed E-state index contributed by atoms with van der Waals surface area (Å²) in [5, 5.41) is 9.69. The van der Waals surface area contributed by atoms with Crippen molar-refractivity contribution in [2.24, 2.45) is 0 Å². The third-order valence-corrected chi connectivity index (χ3v) is 34.3. The number of unbranched alkanes of at least 4 members (excludes halogenated alkanes) is 3. The molecule has 2 aliphatic rings. The van der Waals surface area contributed by atoms with E-state index in [1.165, 1.54) is 123 Å². The largest absolute Gasteiger partial charge is 0.367 e. The first-order valence-electron chi connectivity index (χ1n) is 27.9. The molecule has 0 spiro atoms. The second kappa shape index (κ2) is 37.8. The Morgan fingerprint density at radius 3 is 1.35 bits per heavy atom. The van der Waals surface area contributed by atoms with Crippen LogP contribution in [0.4, 0.5) is 11.6 Å². The molecule has 0 saturated heterocycles. The Kier molecular flexibility index (Phi) is 34.4. The first kappa shape index (κ1) is 71.9. The molecule has 438 valence electrons. The molecule has 0 amide bonds. The molecule has 0 radical (unpaired) electrons. The van der Waals surface area contributed by atoms with Gasteiger partial charge in [-0.15, -0.1) is 22.7 Å². The Bertz CT molecular complexity index is 2670. The van der Waals surface area contributed by atoms with E-state index in [1.807, 2.05) is 42.7 Å². The van der Waals surface area contributed by atoms with Gasteiger partial charge in [0, 0.05) is 56.4 Å². The summed E-state index contributed by atoms with van der Waals surface area (Å²) in [7, 11) is 8.73. The first-order valence-corrected chi connectivity index (χ1v) is 38.6. The Balaban J connectivity index is 0.000000376. The van der Waals surface area contributed by atoms with E-state index in [0.29, 0.717) is 18.1 Å². The van der Waals surface area contributed by atoms with Crippen molar-refractivity contribution < 1.29 is 0 Å². The van der Waals surface area contributed by atoms with Gasteiger partial charge < -0.3 is 20.4 Å². The number of hydrogen-bond acceptors (Lipinski definition) is 13. The number of fused-ring (bicyclic) bond motifs is 2. The number of hydrogen-bond donors (Lipinski definition) is 2. The Hall–Kier alpha value is -3.19. The molecule has 2 fully saturated rings. The molecule has 2 aliphatic carbocycles. The van der Waals surface area contributed by atoms with E-state index in [9.17, 15) is 0 Å². The van der Waals surface area contributed by atoms with Crippen LogP contribution in [0.15, 0.2) is 94.9 Å². The average molecular weight is 1360 g/mol. The molecule has 0 aliphatic heterocycles. The number of rotatable bonds is 19. The van der Waals surface area contributed by atoms with Crippen molar-refractivity contribution in [2.45, 2.75) is 205 Å². The monoisotopic (exact) mass is 1350 g/mol. The normalized spacial score (nSPS) is 16.8. The number of pyridine rings is 3. The van der Waals surface area contributed by atoms with Crippen LogP contribution in [0.3, 0.4) is 0 Å². The standard InChI is InChI=1S/C21H27N5S.C16H23BrN4S.C5H4BrN.C5H4N.3C4H9.4CH4.Sn/c1-4-17-18(16-7-5-6-12-22-16)19-20(23-13-24-21(19)27-17)25-14-8-10-15(11-9-14)26(2)3;1-4-12-14(17)13-15(18-9-19-16(13)22-12)20-10-5-7-11(8-6-10)21(2)3;6-5-3-1-2-4-7-5;1-2-4-6-5-3-1;3*1-3-4-2;;;;;/h5-7,12-15H,4,8-11H2,1-3H3,(H,23,24,25);9-11H,4-8H2,1-3H3,(H,18,19,20);1-4H;1-4H;3*1,3-4H2,2H3;4*1H4;. The third kappa shape index (κ3) is 20.9. The maximum atomic E-state index is 4.80. The van der Waals surface area contributed by atoms with Crippen LogP contribution in [0.25, 0.3) is 31.7 Å². The van der Waals surface area contributed by atoms with Gasteiger partial charge in [0.1, 0.15) is 38.6 Å². The van der Waals surface area contributed by atoms with Crippen molar-refractivity contribution in [1.29, 1.82) is 0 Å². The molecule has 7 aromatic rings. The fraction of sp³-hybridized carbons (Fsp3) is 0.571. The zero-order valence-electron chi connectivity index (χ0n) is 46.4. The maximum absolute atomic E-state index is 4.80. The van der Waals surface area contributed by atoms with Crippen LogP contribution in [0, 0.1) is 0 Å². The molecule has 7 heterocycles. The molecular formula is C63H101Br2N11S2Sn. The molecule has 0 unspecified atom stereocenters. The predicted molar refractivity (Wildman–Crippen MR) is 359 cm³/mol. The molecular weight excluding hydrogens is 1250 g/mol. The van der Waals surface area contributed by atoms with Crippen LogP contribution in [0.2, 0.25) is 13.3 Å². The third-order valence-electron chi connectivity index (χ3n) is 15.0. The number of anilines is 2. The Morgan fingerprint density at radius 1 is 0.519 bits per heavy atom. The predicted octanol–water partition coefficient (Wildman–Crippen LogP) is 18.4. The fourth-order valence-electron chi connectivity index (χ4n) is 10.6. The quantitative estimate of drug-likeness (QED) is 0.0595. The second-order valence-corrected chi connectivity index (χ2v) is 37.5. The number of halogens is 2. The number of aromatic nitrogens is 7. The van der Waals surface area contributed by atoms with Gasteiger partial charge in [-0.2, -0.15) is 0 Å². The van der Waals surface area contributed by atoms with Gasteiger partial charge in [0.25, 0.3) is 0 Å². The molecule has 0 aromatic carbocycles. The molecule has 2 saturated carbocycles. The summed E-state index contributed by atoms with van der Waals surface area (Å²) in [5.41, 5.74) is 2.21. The average Bonchev–Trinajstić information content (AvgIpc) is 4.11. The van der Waals surface area contributed by atoms with Gasteiger partial charge in [0.05, 0.1) is 16.5 Å². The van der Waals surface area contributed by atoms with Crippen LogP contribution in [0.5, 0.6) is 0 Å². The SMILES string of the molecule is Brc1ccccn1.C.C.C.C.CCC[CH2][Sn]([CH2]CCC)([CH2]CCC)[c]1ccccn1.CCc1sc2ncnc(NC3CCC(N(C)C)CC3)c2c1-c1ccccn1.CCc1sc2ncnc(NC3CCC(N(C)C)CC3)c2c1Br. The van der Waals surface area contributed by atoms with Crippen LogP contribution in [0.1, 0.15) is 164 Å². The molecule has 11 nitrogen and oxygen atoms in total. The van der Waals surface area contributed by atoms with Crippen molar-refractivity contribution in [1.82, 2.24) is 44.7 Å². The van der Waals surface area contributed by atoms with E-state index in [-0.39, 0.29) is 29.7 Å². The van der Waals surface area contributed by atoms with Crippen LogP contribution >= 0.6 is 54.5 Å². The van der Waals surface area contributed by atoms with Gasteiger partial charge in [0.15, 0.2) is 0 Å². The van der Waals surface area contributed by atoms with Crippen molar-refractivity contribution >= 4 is 109 Å². The minimum atomic E-state index is -2.21.